The van der Waals surface area contributed by atoms with Gasteiger partial charge in [-0.3, -0.25) is 4.21 Å². The van der Waals surface area contributed by atoms with E-state index in [0.717, 1.165) is 10.6 Å². The summed E-state index contributed by atoms with van der Waals surface area (Å²) < 4.78 is 14.1. The third-order valence-electron chi connectivity index (χ3n) is 1.66. The second kappa shape index (κ2) is 3.92. The Morgan fingerprint density at radius 2 is 2.36 bits per heavy atom. The molecule has 14 heavy (non-hydrogen) atoms. The Morgan fingerprint density at radius 1 is 1.57 bits per heavy atom. The van der Waals surface area contributed by atoms with Crippen molar-refractivity contribution >= 4 is 45.2 Å². The van der Waals surface area contributed by atoms with Crippen LogP contribution in [0.2, 0.25) is 5.02 Å². The van der Waals surface area contributed by atoms with Gasteiger partial charge in [0.1, 0.15) is 0 Å². The monoisotopic (exact) mass is 246 g/mol. The van der Waals surface area contributed by atoms with Gasteiger partial charge in [-0.05, 0) is 30.1 Å². The van der Waals surface area contributed by atoms with Crippen LogP contribution in [0.3, 0.4) is 0 Å². The molecule has 0 aromatic heterocycles. The van der Waals surface area contributed by atoms with Gasteiger partial charge < -0.3 is 4.72 Å². The van der Waals surface area contributed by atoms with Crippen LogP contribution in [-0.2, 0) is 10.8 Å². The normalized spacial score (nSPS) is 16.6. The molecule has 0 fully saturated rings. The van der Waals surface area contributed by atoms with Gasteiger partial charge in [0.15, 0.2) is 0 Å². The third-order valence-corrected chi connectivity index (χ3v) is 3.61. The lowest BCUT2D eigenvalue weighted by molar-refractivity contribution is 0.692. The first kappa shape index (κ1) is 10.0. The maximum absolute atomic E-state index is 11.2. The minimum atomic E-state index is -1.08. The number of nitrogens with one attached hydrogen (secondary N) is 1. The maximum atomic E-state index is 11.2. The fraction of sp³-hybridized carbons (Fsp3) is 0.125. The highest BCUT2D eigenvalue weighted by atomic mass is 35.5. The summed E-state index contributed by atoms with van der Waals surface area (Å²) in [6.07, 6.45) is 1.59. The molecule has 1 unspecified atom stereocenters. The van der Waals surface area contributed by atoms with E-state index in [0.29, 0.717) is 10.2 Å². The van der Waals surface area contributed by atoms with Crippen LogP contribution >= 0.6 is 23.5 Å². The van der Waals surface area contributed by atoms with Gasteiger partial charge in [-0.15, -0.1) is 0 Å². The van der Waals surface area contributed by atoms with Crippen LogP contribution in [0.5, 0.6) is 0 Å². The zero-order valence-electron chi connectivity index (χ0n) is 7.28. The van der Waals surface area contributed by atoms with Crippen molar-refractivity contribution in [3.05, 3.63) is 23.2 Å². The summed E-state index contributed by atoms with van der Waals surface area (Å²) in [6.45, 7) is 0. The molecular weight excluding hydrogens is 240 g/mol. The number of hydrogen-bond donors (Lipinski definition) is 1. The van der Waals surface area contributed by atoms with Gasteiger partial charge in [0.25, 0.3) is 0 Å². The molecular formula is C8H7ClN2OS2. The Balaban J connectivity index is 2.45. The van der Waals surface area contributed by atoms with Crippen LogP contribution < -0.4 is 4.72 Å². The predicted octanol–water partition coefficient (Wildman–Crippen LogP) is 2.32. The number of amidine groups is 1. The molecule has 1 N–H and O–H groups in total. The van der Waals surface area contributed by atoms with Gasteiger partial charge in [0.2, 0.25) is 5.17 Å². The summed E-state index contributed by atoms with van der Waals surface area (Å²) in [6, 6.07) is 5.41. The number of fused-ring (bicyclic) bond motifs is 1. The molecule has 1 aromatic rings. The van der Waals surface area contributed by atoms with Crippen molar-refractivity contribution in [1.82, 2.24) is 4.72 Å². The summed E-state index contributed by atoms with van der Waals surface area (Å²) >= 11 is 7.21. The Labute approximate surface area is 93.5 Å². The highest BCUT2D eigenvalue weighted by Gasteiger charge is 2.14. The number of hydrogen-bond acceptors (Lipinski definition) is 4. The second-order valence-electron chi connectivity index (χ2n) is 2.69. The van der Waals surface area contributed by atoms with E-state index in [4.69, 9.17) is 11.6 Å². The van der Waals surface area contributed by atoms with E-state index >= 15 is 0 Å². The molecule has 2 rings (SSSR count). The Kier molecular flexibility index (Phi) is 2.80. The zero-order valence-corrected chi connectivity index (χ0v) is 9.67. The van der Waals surface area contributed by atoms with Crippen molar-refractivity contribution in [3.8, 4) is 0 Å². The van der Waals surface area contributed by atoms with Gasteiger partial charge >= 0.3 is 0 Å². The minimum absolute atomic E-state index is 0.491. The first-order chi connectivity index (χ1) is 6.66. The van der Waals surface area contributed by atoms with Crippen molar-refractivity contribution < 1.29 is 4.21 Å². The van der Waals surface area contributed by atoms with Gasteiger partial charge in [0, 0.05) is 11.3 Å². The lowest BCUT2D eigenvalue weighted by Crippen LogP contribution is -2.22. The van der Waals surface area contributed by atoms with Crippen LogP contribution in [0.25, 0.3) is 0 Å². The molecule has 0 aliphatic carbocycles. The number of halogens is 1. The van der Waals surface area contributed by atoms with E-state index in [1.807, 2.05) is 12.1 Å². The number of nitrogens with zero attached hydrogens (tertiary/aromatic N) is 1. The van der Waals surface area contributed by atoms with E-state index in [1.54, 1.807) is 12.3 Å². The lowest BCUT2D eigenvalue weighted by atomic mass is 10.3. The van der Waals surface area contributed by atoms with Crippen molar-refractivity contribution in [1.29, 1.82) is 0 Å². The molecule has 3 nitrogen and oxygen atoms in total. The molecule has 0 spiro atoms. The molecule has 0 saturated heterocycles. The number of rotatable bonds is 0. The quantitative estimate of drug-likeness (QED) is 0.715. The van der Waals surface area contributed by atoms with E-state index in [-0.39, 0.29) is 0 Å². The van der Waals surface area contributed by atoms with Crippen LogP contribution in [0, 0.1) is 0 Å². The highest BCUT2D eigenvalue weighted by Crippen LogP contribution is 2.33. The summed E-state index contributed by atoms with van der Waals surface area (Å²) in [5.41, 5.74) is 0.809. The molecule has 1 aromatic carbocycles. The molecule has 1 heterocycles. The Bertz CT molecular complexity index is 433. The Hall–Kier alpha value is -0.520. The summed E-state index contributed by atoms with van der Waals surface area (Å²) in [4.78, 5) is 5.16. The average Bonchev–Trinajstić information content (AvgIpc) is 2.16. The maximum Gasteiger partial charge on any atom is 0.202 e. The van der Waals surface area contributed by atoms with Gasteiger partial charge in [-0.2, -0.15) is 0 Å². The van der Waals surface area contributed by atoms with E-state index in [1.165, 1.54) is 11.9 Å². The first-order valence-electron chi connectivity index (χ1n) is 3.81. The lowest BCUT2D eigenvalue weighted by Gasteiger charge is -2.14. The van der Waals surface area contributed by atoms with Crippen LogP contribution in [0.4, 0.5) is 5.69 Å². The van der Waals surface area contributed by atoms with Crippen molar-refractivity contribution in [3.63, 3.8) is 0 Å². The molecule has 6 heteroatoms. The highest BCUT2D eigenvalue weighted by molar-refractivity contribution is 8.04. The van der Waals surface area contributed by atoms with E-state index < -0.39 is 10.8 Å². The Morgan fingerprint density at radius 3 is 3.07 bits per heavy atom. The molecule has 1 aliphatic rings. The molecule has 0 radical (unpaired) electrons. The van der Waals surface area contributed by atoms with E-state index in [2.05, 4.69) is 9.71 Å². The summed E-state index contributed by atoms with van der Waals surface area (Å²) in [5, 5.41) is 1.17. The standard InChI is InChI=1S/C8H7ClN2OS2/c1-14(12)8-10-6-3-2-5(9)4-7(6)13-11-8/h2-4H,1H3,(H,10,11). The molecule has 1 aliphatic heterocycles. The molecule has 0 amide bonds. The summed E-state index contributed by atoms with van der Waals surface area (Å²) in [5.74, 6) is 0. The topological polar surface area (TPSA) is 41.5 Å². The molecule has 74 valence electrons. The van der Waals surface area contributed by atoms with E-state index in [9.17, 15) is 4.21 Å². The number of benzene rings is 1. The fourth-order valence-electron chi connectivity index (χ4n) is 1.02. The largest absolute Gasteiger partial charge is 0.303 e. The van der Waals surface area contributed by atoms with Gasteiger partial charge in [-0.1, -0.05) is 11.6 Å². The minimum Gasteiger partial charge on any atom is -0.303 e. The second-order valence-corrected chi connectivity index (χ2v) is 5.27. The summed E-state index contributed by atoms with van der Waals surface area (Å²) in [7, 11) is -1.08. The number of aliphatic imine (C=N–C) groups is 1. The van der Waals surface area contributed by atoms with Crippen molar-refractivity contribution in [2.75, 3.05) is 6.26 Å². The first-order valence-corrected chi connectivity index (χ1v) is 6.56. The SMILES string of the molecule is CS(=O)C1=Nc2ccc(Cl)cc2SN1. The fourth-order valence-corrected chi connectivity index (χ4v) is 2.72. The van der Waals surface area contributed by atoms with Crippen LogP contribution in [0.15, 0.2) is 28.1 Å². The van der Waals surface area contributed by atoms with Crippen molar-refractivity contribution in [2.24, 2.45) is 4.99 Å². The smallest absolute Gasteiger partial charge is 0.202 e. The van der Waals surface area contributed by atoms with Gasteiger partial charge in [0.05, 0.1) is 21.4 Å². The van der Waals surface area contributed by atoms with Crippen molar-refractivity contribution in [2.45, 2.75) is 4.90 Å². The zero-order chi connectivity index (χ0) is 10.1. The molecule has 1 atom stereocenters. The van der Waals surface area contributed by atoms with Gasteiger partial charge in [-0.25, -0.2) is 4.99 Å². The molecule has 0 saturated carbocycles. The van der Waals surface area contributed by atoms with Crippen LogP contribution in [0.1, 0.15) is 0 Å². The third kappa shape index (κ3) is 1.94. The van der Waals surface area contributed by atoms with Crippen LogP contribution in [-0.4, -0.2) is 15.6 Å². The average molecular weight is 247 g/mol. The predicted molar refractivity (Wildman–Crippen MR) is 61.6 cm³/mol. The molecule has 0 bridgehead atoms.